The number of rotatable bonds is 8. The Labute approximate surface area is 231 Å². The van der Waals surface area contributed by atoms with E-state index < -0.39 is 110 Å². The van der Waals surface area contributed by atoms with E-state index in [1.54, 1.807) is 0 Å². The highest BCUT2D eigenvalue weighted by molar-refractivity contribution is 7.86. The van der Waals surface area contributed by atoms with Crippen LogP contribution in [0.3, 0.4) is 0 Å². The molecule has 0 atom stereocenters. The quantitative estimate of drug-likeness (QED) is 0.145. The van der Waals surface area contributed by atoms with Crippen molar-refractivity contribution in [1.82, 2.24) is 0 Å². The van der Waals surface area contributed by atoms with Gasteiger partial charge in [0.2, 0.25) is 0 Å². The van der Waals surface area contributed by atoms with E-state index in [1.807, 2.05) is 0 Å². The first kappa shape index (κ1) is 32.4. The second-order valence-electron chi connectivity index (χ2n) is 8.41. The van der Waals surface area contributed by atoms with Crippen LogP contribution in [0.25, 0.3) is 0 Å². The van der Waals surface area contributed by atoms with Gasteiger partial charge in [0.15, 0.2) is 0 Å². The Balaban J connectivity index is 2.50. The zero-order chi connectivity index (χ0) is 32.0. The predicted octanol–water partition coefficient (Wildman–Crippen LogP) is 4.53. The number of nitrogens with zero attached hydrogens (tertiary/aromatic N) is 2. The van der Waals surface area contributed by atoms with E-state index in [2.05, 4.69) is 0 Å². The van der Waals surface area contributed by atoms with Gasteiger partial charge < -0.3 is 9.11 Å². The fourth-order valence-corrected chi connectivity index (χ4v) is 5.99. The fourth-order valence-electron chi connectivity index (χ4n) is 4.27. The molecule has 0 saturated carbocycles. The van der Waals surface area contributed by atoms with Gasteiger partial charge in [-0.25, -0.2) is 16.8 Å². The first-order valence-corrected chi connectivity index (χ1v) is 13.6. The third-order valence-electron chi connectivity index (χ3n) is 5.85. The summed E-state index contributed by atoms with van der Waals surface area (Å²) >= 11 is 0. The van der Waals surface area contributed by atoms with Crippen LogP contribution in [0, 0.1) is 20.2 Å². The molecule has 0 aromatic heterocycles. The summed E-state index contributed by atoms with van der Waals surface area (Å²) in [7, 11) is -12.0. The number of nitro groups is 2. The molecule has 0 N–H and O–H groups in total. The molecule has 0 fully saturated rings. The van der Waals surface area contributed by atoms with Crippen LogP contribution in [0.4, 0.5) is 37.7 Å². The van der Waals surface area contributed by atoms with Crippen LogP contribution in [0.5, 0.6) is 0 Å². The van der Waals surface area contributed by atoms with E-state index in [0.29, 0.717) is 42.5 Å². The maximum atomic E-state index is 13.8. The zero-order valence-corrected chi connectivity index (χ0v) is 21.7. The summed E-state index contributed by atoms with van der Waals surface area (Å²) in [5.41, 5.74) is -11.2. The van der Waals surface area contributed by atoms with Gasteiger partial charge in [0.25, 0.3) is 11.4 Å². The number of alkyl halides is 6. The molecule has 0 bridgehead atoms. The van der Waals surface area contributed by atoms with E-state index in [4.69, 9.17) is 0 Å². The molecular formula is C22H12F6N2O10S2-2. The smallest absolute Gasteiger partial charge is 0.416 e. The Bertz CT molecular complexity index is 1820. The Morgan fingerprint density at radius 3 is 1.40 bits per heavy atom. The summed E-state index contributed by atoms with van der Waals surface area (Å²) < 4.78 is 155. The first-order chi connectivity index (χ1) is 19.0. The van der Waals surface area contributed by atoms with Crippen LogP contribution >= 0.6 is 0 Å². The van der Waals surface area contributed by atoms with Crippen molar-refractivity contribution in [3.8, 4) is 0 Å². The normalized spacial score (nSPS) is 12.8. The molecule has 0 saturated heterocycles. The van der Waals surface area contributed by atoms with Crippen molar-refractivity contribution in [1.29, 1.82) is 0 Å². The van der Waals surface area contributed by atoms with Crippen molar-refractivity contribution in [3.63, 3.8) is 0 Å². The molecule has 0 aliphatic heterocycles. The van der Waals surface area contributed by atoms with Crippen molar-refractivity contribution in [2.24, 2.45) is 0 Å². The highest BCUT2D eigenvalue weighted by Crippen LogP contribution is 2.41. The second-order valence-corrected chi connectivity index (χ2v) is 11.1. The zero-order valence-electron chi connectivity index (χ0n) is 20.1. The molecule has 0 aliphatic rings. The summed E-state index contributed by atoms with van der Waals surface area (Å²) in [6.45, 7) is 0. The van der Waals surface area contributed by atoms with E-state index in [1.165, 1.54) is 0 Å². The van der Waals surface area contributed by atoms with Crippen LogP contribution in [0.1, 0.15) is 33.4 Å². The van der Waals surface area contributed by atoms with E-state index >= 15 is 0 Å². The van der Waals surface area contributed by atoms with Crippen molar-refractivity contribution in [2.75, 3.05) is 0 Å². The Hall–Kier alpha value is -4.14. The predicted molar refractivity (Wildman–Crippen MR) is 124 cm³/mol. The topological polar surface area (TPSA) is 201 Å². The summed E-state index contributed by atoms with van der Waals surface area (Å²) in [6.07, 6.45) is -13.8. The molecule has 226 valence electrons. The van der Waals surface area contributed by atoms with E-state index in [0.717, 1.165) is 0 Å². The first-order valence-electron chi connectivity index (χ1n) is 10.8. The average Bonchev–Trinajstić information content (AvgIpc) is 2.81. The number of benzene rings is 3. The van der Waals surface area contributed by atoms with Gasteiger partial charge >= 0.3 is 12.4 Å². The van der Waals surface area contributed by atoms with Crippen molar-refractivity contribution in [2.45, 2.75) is 35.0 Å². The monoisotopic (exact) mass is 642 g/mol. The van der Waals surface area contributed by atoms with E-state index in [-0.39, 0.29) is 6.07 Å². The lowest BCUT2D eigenvalue weighted by molar-refractivity contribution is -0.385. The summed E-state index contributed by atoms with van der Waals surface area (Å²) in [6, 6.07) is 3.65. The molecule has 3 aromatic carbocycles. The van der Waals surface area contributed by atoms with Gasteiger partial charge in [0, 0.05) is 36.1 Å². The van der Waals surface area contributed by atoms with Crippen molar-refractivity contribution < 1.29 is 62.1 Å². The second kappa shape index (κ2) is 10.9. The van der Waals surface area contributed by atoms with Crippen molar-refractivity contribution in [3.05, 3.63) is 102 Å². The molecule has 0 spiro atoms. The SMILES string of the molecule is O=[N+]([O-])c1cccc(C(F)(F)F)c1Cc1ccc(S(=O)(=O)[O-])c(Cc2c([N+](=O)[O-])cccc2C(F)(F)F)c1S(=O)(=O)[O-]. The minimum atomic E-state index is -6.11. The maximum Gasteiger partial charge on any atom is 0.416 e. The van der Waals surface area contributed by atoms with Crippen LogP contribution < -0.4 is 0 Å². The third kappa shape index (κ3) is 6.66. The standard InChI is InChI=1S/C22H14F6N2O10S2/c23-21(24,25)15-3-1-5-17(29(31)32)12(15)9-11-7-8-19(41(35,36)37)14(20(11)42(38,39)40)10-13-16(22(26,27)28)4-2-6-18(13)30(33)34/h1-8H,9-10H2,(H,35,36,37)(H,38,39,40)/p-2. The summed E-state index contributed by atoms with van der Waals surface area (Å²) in [4.78, 5) is 16.9. The Morgan fingerprint density at radius 1 is 0.619 bits per heavy atom. The molecule has 0 aliphatic carbocycles. The van der Waals surface area contributed by atoms with Gasteiger partial charge in [-0.2, -0.15) is 26.3 Å². The van der Waals surface area contributed by atoms with Crippen molar-refractivity contribution >= 4 is 31.6 Å². The molecule has 3 rings (SSSR count). The van der Waals surface area contributed by atoms with Gasteiger partial charge in [-0.1, -0.05) is 18.2 Å². The molecule has 42 heavy (non-hydrogen) atoms. The average molecular weight is 642 g/mol. The number of hydrogen-bond donors (Lipinski definition) is 0. The lowest BCUT2D eigenvalue weighted by Crippen LogP contribution is -2.18. The van der Waals surface area contributed by atoms with E-state index in [9.17, 15) is 72.5 Å². The van der Waals surface area contributed by atoms with Gasteiger partial charge in [-0.3, -0.25) is 20.2 Å². The highest BCUT2D eigenvalue weighted by atomic mass is 32.2. The molecule has 20 heteroatoms. The lowest BCUT2D eigenvalue weighted by atomic mass is 9.93. The minimum Gasteiger partial charge on any atom is -0.744 e. The molecule has 0 radical (unpaired) electrons. The molecule has 3 aromatic rings. The molecule has 0 heterocycles. The Morgan fingerprint density at radius 2 is 1.05 bits per heavy atom. The van der Waals surface area contributed by atoms with Crippen LogP contribution in [-0.2, 0) is 45.4 Å². The van der Waals surface area contributed by atoms with Crippen LogP contribution in [0.15, 0.2) is 58.3 Å². The number of nitro benzene ring substituents is 2. The molecular weight excluding hydrogens is 630 g/mol. The Kier molecular flexibility index (Phi) is 8.42. The van der Waals surface area contributed by atoms with Crippen LogP contribution in [-0.4, -0.2) is 35.8 Å². The minimum absolute atomic E-state index is 0.270. The largest absolute Gasteiger partial charge is 0.744 e. The molecule has 0 amide bonds. The summed E-state index contributed by atoms with van der Waals surface area (Å²) in [5.74, 6) is 0. The summed E-state index contributed by atoms with van der Waals surface area (Å²) in [5, 5.41) is 23.0. The van der Waals surface area contributed by atoms with Crippen LogP contribution in [0.2, 0.25) is 0 Å². The molecule has 12 nitrogen and oxygen atoms in total. The van der Waals surface area contributed by atoms with Gasteiger partial charge in [0.05, 0.1) is 30.8 Å². The fraction of sp³-hybridized carbons (Fsp3) is 0.182. The highest BCUT2D eigenvalue weighted by Gasteiger charge is 2.39. The van der Waals surface area contributed by atoms with Gasteiger partial charge in [-0.05, 0) is 29.3 Å². The van der Waals surface area contributed by atoms with Gasteiger partial charge in [-0.15, -0.1) is 0 Å². The lowest BCUT2D eigenvalue weighted by Gasteiger charge is -2.23. The number of hydrogen-bond acceptors (Lipinski definition) is 10. The molecule has 0 unspecified atom stereocenters. The third-order valence-corrected chi connectivity index (χ3v) is 7.78. The maximum absolute atomic E-state index is 13.8. The number of halogens is 6. The van der Waals surface area contributed by atoms with Gasteiger partial charge in [0.1, 0.15) is 20.2 Å².